The van der Waals surface area contributed by atoms with Gasteiger partial charge >= 0.3 is 0 Å². The van der Waals surface area contributed by atoms with E-state index in [-0.39, 0.29) is 0 Å². The van der Waals surface area contributed by atoms with Crippen LogP contribution < -0.4 is 15.4 Å². The minimum atomic E-state index is 0.656. The summed E-state index contributed by atoms with van der Waals surface area (Å²) in [6, 6.07) is 6.00. The van der Waals surface area contributed by atoms with E-state index < -0.39 is 0 Å². The van der Waals surface area contributed by atoms with E-state index in [1.807, 2.05) is 19.1 Å². The number of ether oxygens (including phenoxy) is 1. The zero-order valence-electron chi connectivity index (χ0n) is 12.4. The maximum absolute atomic E-state index is 5.59. The molecule has 0 aromatic carbocycles. The van der Waals surface area contributed by atoms with Crippen molar-refractivity contribution in [3.63, 3.8) is 0 Å². The first-order valence-corrected chi connectivity index (χ1v) is 7.60. The van der Waals surface area contributed by atoms with Gasteiger partial charge in [0.2, 0.25) is 5.88 Å². The van der Waals surface area contributed by atoms with Crippen molar-refractivity contribution < 1.29 is 4.74 Å². The van der Waals surface area contributed by atoms with Crippen molar-refractivity contribution in [1.29, 1.82) is 0 Å². The zero-order chi connectivity index (χ0) is 14.2. The normalized spacial score (nSPS) is 17.0. The van der Waals surface area contributed by atoms with Crippen LogP contribution in [0.25, 0.3) is 0 Å². The predicted molar refractivity (Wildman–Crippen MR) is 82.3 cm³/mol. The highest BCUT2D eigenvalue weighted by Gasteiger charge is 2.15. The van der Waals surface area contributed by atoms with Crippen molar-refractivity contribution in [1.82, 2.24) is 9.88 Å². The second kappa shape index (κ2) is 8.07. The predicted octanol–water partition coefficient (Wildman–Crippen LogP) is 1.34. The van der Waals surface area contributed by atoms with Crippen LogP contribution in [0.1, 0.15) is 19.8 Å². The first-order chi connectivity index (χ1) is 9.83. The molecule has 0 unspecified atom stereocenters. The number of anilines is 1. The van der Waals surface area contributed by atoms with Gasteiger partial charge in [-0.25, -0.2) is 0 Å². The summed E-state index contributed by atoms with van der Waals surface area (Å²) in [5.41, 5.74) is 5.59. The number of pyridine rings is 1. The summed E-state index contributed by atoms with van der Waals surface area (Å²) in [5.74, 6) is 1.74. The van der Waals surface area contributed by atoms with Crippen LogP contribution in [0.4, 0.5) is 5.82 Å². The Morgan fingerprint density at radius 3 is 2.95 bits per heavy atom. The fourth-order valence-electron chi connectivity index (χ4n) is 2.55. The quantitative estimate of drug-likeness (QED) is 0.851. The first kappa shape index (κ1) is 15.1. The molecule has 0 saturated carbocycles. The average molecular weight is 278 g/mol. The molecule has 1 fully saturated rings. The van der Waals surface area contributed by atoms with Gasteiger partial charge in [0, 0.05) is 25.7 Å². The van der Waals surface area contributed by atoms with Crippen molar-refractivity contribution in [2.45, 2.75) is 19.8 Å². The van der Waals surface area contributed by atoms with E-state index in [1.54, 1.807) is 0 Å². The molecule has 0 spiro atoms. The summed E-state index contributed by atoms with van der Waals surface area (Å²) in [4.78, 5) is 9.43. The average Bonchev–Trinajstić information content (AvgIpc) is 2.71. The fourth-order valence-corrected chi connectivity index (χ4v) is 2.55. The Hall–Kier alpha value is -1.33. The van der Waals surface area contributed by atoms with Gasteiger partial charge in [-0.1, -0.05) is 6.07 Å². The Labute approximate surface area is 121 Å². The molecule has 1 aromatic rings. The Balaban J connectivity index is 1.94. The molecule has 0 bridgehead atoms. The minimum Gasteiger partial charge on any atom is -0.478 e. The van der Waals surface area contributed by atoms with Crippen LogP contribution in [0, 0.1) is 0 Å². The van der Waals surface area contributed by atoms with Crippen LogP contribution in [-0.4, -0.2) is 55.8 Å². The molecule has 1 aromatic heterocycles. The lowest BCUT2D eigenvalue weighted by Crippen LogP contribution is -2.32. The Bertz CT molecular complexity index is 399. The first-order valence-electron chi connectivity index (χ1n) is 7.60. The molecule has 2 rings (SSSR count). The molecule has 112 valence electrons. The van der Waals surface area contributed by atoms with Gasteiger partial charge in [0.15, 0.2) is 0 Å². The molecule has 2 heterocycles. The Morgan fingerprint density at radius 1 is 1.25 bits per heavy atom. The summed E-state index contributed by atoms with van der Waals surface area (Å²) in [7, 11) is 0. The third-order valence-electron chi connectivity index (χ3n) is 3.59. The van der Waals surface area contributed by atoms with Crippen LogP contribution in [0.3, 0.4) is 0 Å². The highest BCUT2D eigenvalue weighted by Crippen LogP contribution is 2.17. The van der Waals surface area contributed by atoms with E-state index in [1.165, 1.54) is 6.42 Å². The number of hydrogen-bond donors (Lipinski definition) is 1. The number of aromatic nitrogens is 1. The molecule has 2 N–H and O–H groups in total. The molecular formula is C15H26N4O. The minimum absolute atomic E-state index is 0.656. The molecule has 1 aliphatic rings. The van der Waals surface area contributed by atoms with Crippen molar-refractivity contribution >= 4 is 5.82 Å². The van der Waals surface area contributed by atoms with Gasteiger partial charge in [-0.05, 0) is 45.5 Å². The van der Waals surface area contributed by atoms with Crippen molar-refractivity contribution in [2.75, 3.05) is 50.8 Å². The highest BCUT2D eigenvalue weighted by molar-refractivity contribution is 5.40. The molecule has 5 heteroatoms. The third kappa shape index (κ3) is 4.35. The fraction of sp³-hybridized carbons (Fsp3) is 0.667. The summed E-state index contributed by atoms with van der Waals surface area (Å²) >= 11 is 0. The van der Waals surface area contributed by atoms with Crippen LogP contribution in [-0.2, 0) is 0 Å². The zero-order valence-corrected chi connectivity index (χ0v) is 12.4. The third-order valence-corrected chi connectivity index (χ3v) is 3.59. The largest absolute Gasteiger partial charge is 0.478 e. The second-order valence-electron chi connectivity index (χ2n) is 5.09. The number of nitrogens with two attached hydrogens (primary N) is 1. The molecule has 0 atom stereocenters. The van der Waals surface area contributed by atoms with E-state index in [2.05, 4.69) is 20.9 Å². The summed E-state index contributed by atoms with van der Waals surface area (Å²) in [6.45, 7) is 8.84. The van der Waals surface area contributed by atoms with Crippen LogP contribution in [0.5, 0.6) is 5.88 Å². The van der Waals surface area contributed by atoms with E-state index in [0.29, 0.717) is 12.5 Å². The van der Waals surface area contributed by atoms with E-state index in [9.17, 15) is 0 Å². The maximum Gasteiger partial charge on any atom is 0.215 e. The summed E-state index contributed by atoms with van der Waals surface area (Å²) in [5, 5.41) is 0. The lowest BCUT2D eigenvalue weighted by Gasteiger charge is -2.23. The molecule has 5 nitrogen and oxygen atoms in total. The van der Waals surface area contributed by atoms with Gasteiger partial charge < -0.3 is 20.3 Å². The van der Waals surface area contributed by atoms with Gasteiger partial charge in [-0.15, -0.1) is 0 Å². The molecule has 0 aliphatic carbocycles. The smallest absolute Gasteiger partial charge is 0.215 e. The molecule has 0 radical (unpaired) electrons. The topological polar surface area (TPSA) is 54.6 Å². The monoisotopic (exact) mass is 278 g/mol. The van der Waals surface area contributed by atoms with E-state index in [4.69, 9.17) is 10.5 Å². The van der Waals surface area contributed by atoms with Gasteiger partial charge in [0.05, 0.1) is 6.61 Å². The Morgan fingerprint density at radius 2 is 2.15 bits per heavy atom. The van der Waals surface area contributed by atoms with Gasteiger partial charge in [-0.2, -0.15) is 4.98 Å². The second-order valence-corrected chi connectivity index (χ2v) is 5.09. The lowest BCUT2D eigenvalue weighted by atomic mass is 10.3. The van der Waals surface area contributed by atoms with Gasteiger partial charge in [0.25, 0.3) is 0 Å². The highest BCUT2D eigenvalue weighted by atomic mass is 16.5. The van der Waals surface area contributed by atoms with Crippen LogP contribution in [0.15, 0.2) is 18.2 Å². The molecular weight excluding hydrogens is 252 g/mol. The number of rotatable bonds is 6. The molecule has 20 heavy (non-hydrogen) atoms. The lowest BCUT2D eigenvalue weighted by molar-refractivity contribution is 0.291. The molecule has 0 amide bonds. The summed E-state index contributed by atoms with van der Waals surface area (Å²) < 4.78 is 5.48. The van der Waals surface area contributed by atoms with Crippen molar-refractivity contribution in [3.05, 3.63) is 18.2 Å². The molecule has 1 aliphatic heterocycles. The van der Waals surface area contributed by atoms with E-state index in [0.717, 1.165) is 51.5 Å². The number of hydrogen-bond acceptors (Lipinski definition) is 5. The maximum atomic E-state index is 5.59. The van der Waals surface area contributed by atoms with Crippen LogP contribution in [0.2, 0.25) is 0 Å². The Kier molecular flexibility index (Phi) is 6.08. The van der Waals surface area contributed by atoms with Gasteiger partial charge in [-0.3, -0.25) is 0 Å². The standard InChI is InChI=1S/C15H26N4O/c1-2-20-15-7-3-6-14(17-15)19-11-5-10-18(12-13-19)9-4-8-16/h3,6-7H,2,4-5,8-13,16H2,1H3. The molecule has 1 saturated heterocycles. The summed E-state index contributed by atoms with van der Waals surface area (Å²) in [6.07, 6.45) is 2.25. The van der Waals surface area contributed by atoms with Gasteiger partial charge in [0.1, 0.15) is 5.82 Å². The van der Waals surface area contributed by atoms with Crippen molar-refractivity contribution in [3.8, 4) is 5.88 Å². The SMILES string of the molecule is CCOc1cccc(N2CCCN(CCCN)CC2)n1. The number of nitrogens with zero attached hydrogens (tertiary/aromatic N) is 3. The van der Waals surface area contributed by atoms with E-state index >= 15 is 0 Å². The van der Waals surface area contributed by atoms with Crippen LogP contribution >= 0.6 is 0 Å². The van der Waals surface area contributed by atoms with Crippen molar-refractivity contribution in [2.24, 2.45) is 5.73 Å².